The fraction of sp³-hybridized carbons (Fsp3) is 0.400. The molecule has 0 aliphatic heterocycles. The molecule has 3 heteroatoms. The molecule has 0 fully saturated rings. The molecule has 0 saturated heterocycles. The van der Waals surface area contributed by atoms with Gasteiger partial charge in [-0.1, -0.05) is 0 Å². The van der Waals surface area contributed by atoms with Crippen molar-refractivity contribution >= 4 is 0 Å². The topological polar surface area (TPSA) is 38.7 Å². The van der Waals surface area contributed by atoms with E-state index in [1.165, 1.54) is 0 Å². The van der Waals surface area contributed by atoms with Crippen LogP contribution in [-0.4, -0.2) is 19.3 Å². The van der Waals surface area contributed by atoms with Crippen molar-refractivity contribution in [3.8, 4) is 11.5 Å². The molecule has 0 aliphatic rings. The molecule has 0 spiro atoms. The van der Waals surface area contributed by atoms with Crippen LogP contribution < -0.4 is 9.47 Å². The van der Waals surface area contributed by atoms with E-state index in [9.17, 15) is 5.11 Å². The summed E-state index contributed by atoms with van der Waals surface area (Å²) in [5.41, 5.74) is 4.71. The average Bonchev–Trinajstić information content (AvgIpc) is 2.46. The van der Waals surface area contributed by atoms with Crippen LogP contribution in [0.15, 0.2) is 24.3 Å². The van der Waals surface area contributed by atoms with E-state index in [4.69, 9.17) is 9.47 Å². The summed E-state index contributed by atoms with van der Waals surface area (Å²) in [5.74, 6) is 1.73. The number of benzene rings is 2. The molecule has 0 amide bonds. The Morgan fingerprint density at radius 1 is 0.696 bits per heavy atom. The zero-order valence-electron chi connectivity index (χ0n) is 15.1. The number of ether oxygens (including phenoxy) is 2. The van der Waals surface area contributed by atoms with Crippen LogP contribution in [-0.2, 0) is 5.60 Å². The molecular formula is C20H26O3. The lowest BCUT2D eigenvalue weighted by Crippen LogP contribution is -2.23. The quantitative estimate of drug-likeness (QED) is 0.919. The minimum Gasteiger partial charge on any atom is -0.496 e. The summed E-state index contributed by atoms with van der Waals surface area (Å²) in [6, 6.07) is 7.95. The van der Waals surface area contributed by atoms with Crippen LogP contribution >= 0.6 is 0 Å². The van der Waals surface area contributed by atoms with Gasteiger partial charge in [-0.2, -0.15) is 0 Å². The number of hydrogen-bond donors (Lipinski definition) is 1. The largest absolute Gasteiger partial charge is 0.496 e. The highest BCUT2D eigenvalue weighted by atomic mass is 16.5. The summed E-state index contributed by atoms with van der Waals surface area (Å²) in [6.45, 7) is 9.81. The second-order valence-corrected chi connectivity index (χ2v) is 6.36. The van der Waals surface area contributed by atoms with E-state index in [2.05, 4.69) is 0 Å². The lowest BCUT2D eigenvalue weighted by Gasteiger charge is -2.27. The van der Waals surface area contributed by atoms with Gasteiger partial charge in [0.2, 0.25) is 0 Å². The molecule has 0 radical (unpaired) electrons. The highest BCUT2D eigenvalue weighted by Crippen LogP contribution is 2.36. The van der Waals surface area contributed by atoms with Crippen LogP contribution in [0.2, 0.25) is 0 Å². The minimum atomic E-state index is -1.08. The molecule has 0 saturated carbocycles. The Labute approximate surface area is 138 Å². The molecule has 0 atom stereocenters. The van der Waals surface area contributed by atoms with Gasteiger partial charge in [0.1, 0.15) is 17.1 Å². The maximum atomic E-state index is 11.2. The van der Waals surface area contributed by atoms with Crippen molar-refractivity contribution in [1.29, 1.82) is 0 Å². The van der Waals surface area contributed by atoms with Crippen molar-refractivity contribution in [2.24, 2.45) is 0 Å². The third-order valence-corrected chi connectivity index (χ3v) is 4.45. The average molecular weight is 314 g/mol. The number of aryl methyl sites for hydroxylation is 4. The Morgan fingerprint density at radius 2 is 0.957 bits per heavy atom. The highest BCUT2D eigenvalue weighted by molar-refractivity contribution is 5.51. The van der Waals surface area contributed by atoms with E-state index in [0.717, 1.165) is 44.9 Å². The second kappa shape index (κ2) is 6.25. The van der Waals surface area contributed by atoms with Gasteiger partial charge in [-0.3, -0.25) is 0 Å². The van der Waals surface area contributed by atoms with Crippen LogP contribution in [0, 0.1) is 27.7 Å². The molecule has 0 bridgehead atoms. The molecule has 0 unspecified atom stereocenters. The number of rotatable bonds is 4. The van der Waals surface area contributed by atoms with Crippen molar-refractivity contribution in [3.63, 3.8) is 0 Å². The summed E-state index contributed by atoms with van der Waals surface area (Å²) in [4.78, 5) is 0. The smallest absolute Gasteiger partial charge is 0.124 e. The molecule has 2 aromatic carbocycles. The molecule has 0 aliphatic carbocycles. The fourth-order valence-corrected chi connectivity index (χ4v) is 3.27. The van der Waals surface area contributed by atoms with Crippen LogP contribution in [0.1, 0.15) is 40.3 Å². The molecule has 124 valence electrons. The van der Waals surface area contributed by atoms with Gasteiger partial charge < -0.3 is 14.6 Å². The normalized spacial score (nSPS) is 11.5. The Morgan fingerprint density at radius 3 is 1.17 bits per heavy atom. The number of aliphatic hydroxyl groups is 1. The molecule has 0 aromatic heterocycles. The molecule has 23 heavy (non-hydrogen) atoms. The van der Waals surface area contributed by atoms with Crippen molar-refractivity contribution in [2.75, 3.05) is 14.2 Å². The van der Waals surface area contributed by atoms with E-state index < -0.39 is 5.60 Å². The van der Waals surface area contributed by atoms with Crippen molar-refractivity contribution < 1.29 is 14.6 Å². The summed E-state index contributed by atoms with van der Waals surface area (Å²) in [6.07, 6.45) is 0. The SMILES string of the molecule is COc1c(C)cc(C(C)(O)c2cc(C)c(OC)c(C)c2)cc1C. The molecule has 3 nitrogen and oxygen atoms in total. The first-order chi connectivity index (χ1) is 10.7. The van der Waals surface area contributed by atoms with Gasteiger partial charge >= 0.3 is 0 Å². The predicted molar refractivity (Wildman–Crippen MR) is 93.6 cm³/mol. The summed E-state index contributed by atoms with van der Waals surface area (Å²) < 4.78 is 10.8. The van der Waals surface area contributed by atoms with Gasteiger partial charge in [-0.15, -0.1) is 0 Å². The number of methoxy groups -OCH3 is 2. The lowest BCUT2D eigenvalue weighted by atomic mass is 9.84. The highest BCUT2D eigenvalue weighted by Gasteiger charge is 2.28. The van der Waals surface area contributed by atoms with Gasteiger partial charge in [-0.25, -0.2) is 0 Å². The zero-order valence-corrected chi connectivity index (χ0v) is 15.1. The van der Waals surface area contributed by atoms with Crippen molar-refractivity contribution in [3.05, 3.63) is 57.6 Å². The van der Waals surface area contributed by atoms with E-state index in [-0.39, 0.29) is 0 Å². The predicted octanol–water partition coefficient (Wildman–Crippen LogP) is 4.19. The number of hydrogen-bond acceptors (Lipinski definition) is 3. The van der Waals surface area contributed by atoms with Crippen molar-refractivity contribution in [1.82, 2.24) is 0 Å². The first-order valence-corrected chi connectivity index (χ1v) is 7.76. The van der Waals surface area contributed by atoms with Crippen LogP contribution in [0.25, 0.3) is 0 Å². The maximum Gasteiger partial charge on any atom is 0.124 e. The second-order valence-electron chi connectivity index (χ2n) is 6.36. The van der Waals surface area contributed by atoms with E-state index in [0.29, 0.717) is 0 Å². The first kappa shape index (κ1) is 17.4. The van der Waals surface area contributed by atoms with Crippen molar-refractivity contribution in [2.45, 2.75) is 40.2 Å². The van der Waals surface area contributed by atoms with Crippen LogP contribution in [0.3, 0.4) is 0 Å². The van der Waals surface area contributed by atoms with Gasteiger partial charge in [0.05, 0.1) is 14.2 Å². The van der Waals surface area contributed by atoms with Gasteiger partial charge in [0.15, 0.2) is 0 Å². The standard InChI is InChI=1S/C20H26O3/c1-12-8-16(9-13(2)18(12)22-6)20(5,21)17-10-14(3)19(23-7)15(4)11-17/h8-11,21H,1-7H3. The zero-order chi connectivity index (χ0) is 17.4. The Bertz CT molecular complexity index is 622. The van der Waals surface area contributed by atoms with Gasteiger partial charge in [-0.05, 0) is 92.3 Å². The van der Waals surface area contributed by atoms with E-state index in [1.807, 2.05) is 58.9 Å². The Kier molecular flexibility index (Phi) is 4.71. The summed E-state index contributed by atoms with van der Waals surface area (Å²) in [7, 11) is 3.34. The van der Waals surface area contributed by atoms with Crippen LogP contribution in [0.5, 0.6) is 11.5 Å². The Balaban J connectivity index is 2.59. The van der Waals surface area contributed by atoms with E-state index >= 15 is 0 Å². The van der Waals surface area contributed by atoms with Gasteiger partial charge in [0, 0.05) is 0 Å². The molecule has 2 aromatic rings. The summed E-state index contributed by atoms with van der Waals surface area (Å²) in [5, 5.41) is 11.2. The molecular weight excluding hydrogens is 288 g/mol. The fourth-order valence-electron chi connectivity index (χ4n) is 3.27. The molecule has 2 rings (SSSR count). The molecule has 1 N–H and O–H groups in total. The maximum absolute atomic E-state index is 11.2. The Hall–Kier alpha value is -2.00. The molecule has 0 heterocycles. The summed E-state index contributed by atoms with van der Waals surface area (Å²) >= 11 is 0. The van der Waals surface area contributed by atoms with Crippen LogP contribution in [0.4, 0.5) is 0 Å². The third kappa shape index (κ3) is 3.06. The lowest BCUT2D eigenvalue weighted by molar-refractivity contribution is 0.102. The monoisotopic (exact) mass is 314 g/mol. The third-order valence-electron chi connectivity index (χ3n) is 4.45. The van der Waals surface area contributed by atoms with E-state index in [1.54, 1.807) is 14.2 Å². The van der Waals surface area contributed by atoms with Gasteiger partial charge in [0.25, 0.3) is 0 Å². The first-order valence-electron chi connectivity index (χ1n) is 7.76. The minimum absolute atomic E-state index is 0.859.